The summed E-state index contributed by atoms with van der Waals surface area (Å²) in [5, 5.41) is 0. The SMILES string of the molecule is C=C1C(=O)N1CCCC.O=S([O-])O. The van der Waals surface area contributed by atoms with Gasteiger partial charge in [-0.2, -0.15) is 0 Å². The van der Waals surface area contributed by atoms with Crippen LogP contribution in [0.3, 0.4) is 0 Å². The van der Waals surface area contributed by atoms with Crippen LogP contribution in [0.15, 0.2) is 12.3 Å². The van der Waals surface area contributed by atoms with Crippen LogP contribution in [0.4, 0.5) is 0 Å². The van der Waals surface area contributed by atoms with Crippen molar-refractivity contribution in [3.8, 4) is 0 Å². The van der Waals surface area contributed by atoms with E-state index in [0.29, 0.717) is 5.70 Å². The van der Waals surface area contributed by atoms with E-state index in [4.69, 9.17) is 13.3 Å². The fourth-order valence-electron chi connectivity index (χ4n) is 0.771. The van der Waals surface area contributed by atoms with Crippen LogP contribution in [0.25, 0.3) is 0 Å². The largest absolute Gasteiger partial charge is 0.750 e. The molecule has 5 nitrogen and oxygen atoms in total. The minimum Gasteiger partial charge on any atom is -0.750 e. The maximum Gasteiger partial charge on any atom is 0.274 e. The molecular formula is C7H12NO4S-. The summed E-state index contributed by atoms with van der Waals surface area (Å²) in [6, 6.07) is 0. The fraction of sp³-hybridized carbons (Fsp3) is 0.571. The van der Waals surface area contributed by atoms with Crippen molar-refractivity contribution in [2.24, 2.45) is 0 Å². The smallest absolute Gasteiger partial charge is 0.274 e. The molecule has 1 atom stereocenters. The maximum atomic E-state index is 10.6. The summed E-state index contributed by atoms with van der Waals surface area (Å²) in [4.78, 5) is 12.3. The fourth-order valence-corrected chi connectivity index (χ4v) is 0.771. The zero-order valence-electron chi connectivity index (χ0n) is 7.36. The predicted octanol–water partition coefficient (Wildman–Crippen LogP) is 0.481. The van der Waals surface area contributed by atoms with Crippen LogP contribution < -0.4 is 0 Å². The molecule has 1 aliphatic rings. The van der Waals surface area contributed by atoms with Gasteiger partial charge in [-0.05, 0) is 6.42 Å². The van der Waals surface area contributed by atoms with Gasteiger partial charge in [-0.15, -0.1) is 0 Å². The first-order chi connectivity index (χ1) is 6.00. The number of nitrogens with zero attached hydrogens (tertiary/aromatic N) is 1. The minimum absolute atomic E-state index is 0.128. The first-order valence-corrected chi connectivity index (χ1v) is 4.83. The lowest BCUT2D eigenvalue weighted by Gasteiger charge is -1.93. The maximum absolute atomic E-state index is 10.6. The van der Waals surface area contributed by atoms with E-state index in [0.717, 1.165) is 19.4 Å². The lowest BCUT2D eigenvalue weighted by molar-refractivity contribution is -0.113. The van der Waals surface area contributed by atoms with Crippen LogP contribution >= 0.6 is 0 Å². The molecule has 6 heteroatoms. The molecule has 1 saturated heterocycles. The van der Waals surface area contributed by atoms with Crippen LogP contribution in [0.5, 0.6) is 0 Å². The molecule has 0 bridgehead atoms. The van der Waals surface area contributed by atoms with Crippen molar-refractivity contribution in [2.45, 2.75) is 19.8 Å². The van der Waals surface area contributed by atoms with Crippen molar-refractivity contribution in [3.63, 3.8) is 0 Å². The Kier molecular flexibility index (Phi) is 5.52. The second kappa shape index (κ2) is 5.85. The molecule has 76 valence electrons. The zero-order chi connectivity index (χ0) is 10.4. The van der Waals surface area contributed by atoms with E-state index in [-0.39, 0.29) is 5.91 Å². The van der Waals surface area contributed by atoms with Crippen molar-refractivity contribution in [1.29, 1.82) is 0 Å². The summed E-state index contributed by atoms with van der Waals surface area (Å²) in [5.74, 6) is 0.128. The van der Waals surface area contributed by atoms with E-state index in [9.17, 15) is 4.79 Å². The Hall–Kier alpha value is -0.720. The standard InChI is InChI=1S/C7H11NO.H2O3S/c1-3-4-5-8-6(2)7(8)9;1-4(2)3/h2-5H2,1H3;(H2,1,2,3)/p-1. The highest BCUT2D eigenvalue weighted by Crippen LogP contribution is 2.21. The molecule has 1 aliphatic heterocycles. The topological polar surface area (TPSA) is 80.4 Å². The molecule has 1 rings (SSSR count). The molecule has 1 unspecified atom stereocenters. The Bertz CT molecular complexity index is 211. The molecule has 1 fully saturated rings. The number of hydrogen-bond acceptors (Lipinski definition) is 3. The number of hydrogen-bond donors (Lipinski definition) is 1. The molecule has 0 saturated carbocycles. The Balaban J connectivity index is 0.000000310. The van der Waals surface area contributed by atoms with Gasteiger partial charge < -0.3 is 14.0 Å². The highest BCUT2D eigenvalue weighted by Gasteiger charge is 2.35. The van der Waals surface area contributed by atoms with Gasteiger partial charge in [-0.25, -0.2) is 4.21 Å². The summed E-state index contributed by atoms with van der Waals surface area (Å²) in [6.07, 6.45) is 2.22. The summed E-state index contributed by atoms with van der Waals surface area (Å²) in [5.41, 5.74) is 0.684. The van der Waals surface area contributed by atoms with Gasteiger partial charge in [0.25, 0.3) is 5.91 Å². The Morgan fingerprint density at radius 2 is 2.08 bits per heavy atom. The van der Waals surface area contributed by atoms with Gasteiger partial charge in [-0.1, -0.05) is 19.9 Å². The zero-order valence-corrected chi connectivity index (χ0v) is 8.17. The first-order valence-electron chi connectivity index (χ1n) is 3.79. The van der Waals surface area contributed by atoms with Crippen LogP contribution in [0.1, 0.15) is 19.8 Å². The normalized spacial score (nSPS) is 16.4. The summed E-state index contributed by atoms with van der Waals surface area (Å²) in [6.45, 7) is 6.54. The van der Waals surface area contributed by atoms with Gasteiger partial charge >= 0.3 is 0 Å². The highest BCUT2D eigenvalue weighted by atomic mass is 32.2. The van der Waals surface area contributed by atoms with E-state index < -0.39 is 11.4 Å². The molecule has 0 aromatic rings. The molecule has 0 aliphatic carbocycles. The molecule has 1 amide bonds. The third-order valence-electron chi connectivity index (χ3n) is 1.50. The Labute approximate surface area is 79.5 Å². The molecule has 1 heterocycles. The van der Waals surface area contributed by atoms with E-state index >= 15 is 0 Å². The van der Waals surface area contributed by atoms with Gasteiger partial charge in [0.05, 0.1) is 11.4 Å². The third kappa shape index (κ3) is 5.51. The highest BCUT2D eigenvalue weighted by molar-refractivity contribution is 7.73. The Morgan fingerprint density at radius 1 is 1.69 bits per heavy atom. The van der Waals surface area contributed by atoms with Crippen molar-refractivity contribution in [2.75, 3.05) is 6.54 Å². The van der Waals surface area contributed by atoms with E-state index in [2.05, 4.69) is 13.5 Å². The second-order valence-electron chi connectivity index (χ2n) is 2.47. The summed E-state index contributed by atoms with van der Waals surface area (Å²) in [7, 11) is 0. The van der Waals surface area contributed by atoms with Crippen molar-refractivity contribution >= 4 is 17.3 Å². The minimum atomic E-state index is -2.86. The average molecular weight is 206 g/mol. The van der Waals surface area contributed by atoms with Crippen LogP contribution in [-0.2, 0) is 16.2 Å². The third-order valence-corrected chi connectivity index (χ3v) is 1.50. The molecule has 0 aromatic heterocycles. The van der Waals surface area contributed by atoms with Crippen LogP contribution in [0.2, 0.25) is 0 Å². The van der Waals surface area contributed by atoms with Crippen molar-refractivity contribution < 1.29 is 18.1 Å². The number of carbonyl (C=O) groups excluding carboxylic acids is 1. The monoisotopic (exact) mass is 206 g/mol. The predicted molar refractivity (Wildman–Crippen MR) is 47.3 cm³/mol. The Morgan fingerprint density at radius 3 is 2.31 bits per heavy atom. The first kappa shape index (κ1) is 12.3. The molecule has 13 heavy (non-hydrogen) atoms. The van der Waals surface area contributed by atoms with E-state index in [1.165, 1.54) is 0 Å². The number of unbranched alkanes of at least 4 members (excludes halogenated alkanes) is 1. The van der Waals surface area contributed by atoms with Crippen molar-refractivity contribution in [1.82, 2.24) is 4.90 Å². The summed E-state index contributed by atoms with van der Waals surface area (Å²) >= 11 is -2.86. The van der Waals surface area contributed by atoms with Gasteiger partial charge in [-0.3, -0.25) is 4.79 Å². The summed E-state index contributed by atoms with van der Waals surface area (Å²) < 4.78 is 24.1. The van der Waals surface area contributed by atoms with E-state index in [1.54, 1.807) is 4.90 Å². The van der Waals surface area contributed by atoms with Crippen LogP contribution in [-0.4, -0.2) is 30.7 Å². The second-order valence-corrected chi connectivity index (χ2v) is 2.91. The molecule has 0 spiro atoms. The van der Waals surface area contributed by atoms with Gasteiger partial charge in [0.1, 0.15) is 5.70 Å². The number of rotatable bonds is 3. The van der Waals surface area contributed by atoms with Crippen LogP contribution in [0, 0.1) is 0 Å². The lowest BCUT2D eigenvalue weighted by atomic mass is 10.3. The van der Waals surface area contributed by atoms with E-state index in [1.807, 2.05) is 0 Å². The molecule has 0 aromatic carbocycles. The number of amides is 1. The molecule has 0 radical (unpaired) electrons. The van der Waals surface area contributed by atoms with Gasteiger partial charge in [0, 0.05) is 6.54 Å². The number of carbonyl (C=O) groups is 1. The van der Waals surface area contributed by atoms with Crippen molar-refractivity contribution in [3.05, 3.63) is 12.3 Å². The van der Waals surface area contributed by atoms with Gasteiger partial charge in [0.2, 0.25) is 0 Å². The average Bonchev–Trinajstić information content (AvgIpc) is 2.56. The molecule has 1 N–H and O–H groups in total. The quantitative estimate of drug-likeness (QED) is 0.414. The lowest BCUT2D eigenvalue weighted by Crippen LogP contribution is -1.98. The molecular weight excluding hydrogens is 194 g/mol. The van der Waals surface area contributed by atoms with Gasteiger partial charge in [0.15, 0.2) is 0 Å².